The summed E-state index contributed by atoms with van der Waals surface area (Å²) in [5, 5.41) is 2.75. The summed E-state index contributed by atoms with van der Waals surface area (Å²) < 4.78 is 14.3. The Morgan fingerprint density at radius 1 is 1.17 bits per heavy atom. The largest absolute Gasteiger partial charge is 0.333 e. The number of thiazole rings is 1. The SMILES string of the molecule is O=C1C[C@@](CC(=O)N2CCCC[C@@H]2c2nccs2)(c2cccc(F)c2)C(=O)N1Cc1cccnc1. The molecule has 1 aromatic carbocycles. The standard InChI is InChI=1S/C26H25FN4O3S/c27-20-7-3-6-19(13-20)26(15-23(33)31(25(26)34)17-18-5-4-9-28-16-18)14-22(32)30-11-2-1-8-21(30)24-29-10-12-35-24/h3-7,9-10,12-13,16,21H,1-2,8,11,14-15,17H2/t21-,26+/m1/s1. The molecule has 7 nitrogen and oxygen atoms in total. The summed E-state index contributed by atoms with van der Waals surface area (Å²) >= 11 is 1.50. The Morgan fingerprint density at radius 2 is 2.06 bits per heavy atom. The molecule has 0 bridgehead atoms. The maximum Gasteiger partial charge on any atom is 0.241 e. The van der Waals surface area contributed by atoms with Gasteiger partial charge in [0.15, 0.2) is 0 Å². The minimum absolute atomic E-state index is 0.0578. The number of pyridine rings is 1. The van der Waals surface area contributed by atoms with E-state index in [4.69, 9.17) is 0 Å². The third-order valence-corrected chi connectivity index (χ3v) is 7.74. The van der Waals surface area contributed by atoms with Crippen LogP contribution in [-0.2, 0) is 26.3 Å². The van der Waals surface area contributed by atoms with Crippen LogP contribution in [0.2, 0.25) is 0 Å². The Kier molecular flexibility index (Phi) is 6.42. The maximum absolute atomic E-state index is 14.3. The van der Waals surface area contributed by atoms with Gasteiger partial charge in [-0.05, 0) is 48.6 Å². The highest BCUT2D eigenvalue weighted by molar-refractivity contribution is 7.09. The van der Waals surface area contributed by atoms with E-state index in [2.05, 4.69) is 9.97 Å². The number of carbonyl (C=O) groups excluding carboxylic acids is 3. The van der Waals surface area contributed by atoms with Crippen molar-refractivity contribution in [2.24, 2.45) is 0 Å². The zero-order valence-corrected chi connectivity index (χ0v) is 19.9. The van der Waals surface area contributed by atoms with Gasteiger partial charge in [0.2, 0.25) is 17.7 Å². The summed E-state index contributed by atoms with van der Waals surface area (Å²) in [7, 11) is 0. The van der Waals surface area contributed by atoms with Gasteiger partial charge in [0.05, 0.1) is 18.0 Å². The molecular formula is C26H25FN4O3S. The molecule has 2 atom stereocenters. The molecule has 2 aliphatic rings. The molecule has 2 saturated heterocycles. The Morgan fingerprint density at radius 3 is 2.80 bits per heavy atom. The summed E-state index contributed by atoms with van der Waals surface area (Å²) in [6, 6.07) is 9.06. The number of piperidine rings is 1. The zero-order valence-electron chi connectivity index (χ0n) is 19.1. The average Bonchev–Trinajstić information content (AvgIpc) is 3.49. The first-order valence-corrected chi connectivity index (χ1v) is 12.5. The van der Waals surface area contributed by atoms with Gasteiger partial charge < -0.3 is 4.90 Å². The van der Waals surface area contributed by atoms with E-state index in [-0.39, 0.29) is 37.2 Å². The van der Waals surface area contributed by atoms with Crippen LogP contribution >= 0.6 is 11.3 Å². The first-order valence-electron chi connectivity index (χ1n) is 11.7. The van der Waals surface area contributed by atoms with Crippen molar-refractivity contribution in [3.8, 4) is 0 Å². The Labute approximate surface area is 206 Å². The Bertz CT molecular complexity index is 1240. The molecule has 4 heterocycles. The van der Waals surface area contributed by atoms with Crippen molar-refractivity contribution in [3.05, 3.63) is 82.3 Å². The first-order chi connectivity index (χ1) is 17.0. The van der Waals surface area contributed by atoms with E-state index in [0.717, 1.165) is 24.3 Å². The van der Waals surface area contributed by atoms with Crippen LogP contribution in [0.25, 0.3) is 0 Å². The molecule has 0 radical (unpaired) electrons. The molecule has 9 heteroatoms. The van der Waals surface area contributed by atoms with Crippen molar-refractivity contribution in [3.63, 3.8) is 0 Å². The van der Waals surface area contributed by atoms with Gasteiger partial charge in [-0.1, -0.05) is 18.2 Å². The van der Waals surface area contributed by atoms with Crippen LogP contribution in [0, 0.1) is 5.82 Å². The first kappa shape index (κ1) is 23.3. The highest BCUT2D eigenvalue weighted by atomic mass is 32.1. The van der Waals surface area contributed by atoms with Gasteiger partial charge in [0.1, 0.15) is 10.8 Å². The third kappa shape index (κ3) is 4.48. The lowest BCUT2D eigenvalue weighted by Gasteiger charge is -2.37. The predicted octanol–water partition coefficient (Wildman–Crippen LogP) is 4.02. The van der Waals surface area contributed by atoms with Gasteiger partial charge in [-0.2, -0.15) is 0 Å². The quantitative estimate of drug-likeness (QED) is 0.486. The minimum atomic E-state index is -1.46. The van der Waals surface area contributed by atoms with Crippen LogP contribution in [0.1, 0.15) is 54.3 Å². The van der Waals surface area contributed by atoms with Gasteiger partial charge in [-0.25, -0.2) is 9.37 Å². The number of imide groups is 1. The molecule has 180 valence electrons. The van der Waals surface area contributed by atoms with Crippen LogP contribution in [-0.4, -0.2) is 44.0 Å². The second-order valence-corrected chi connectivity index (χ2v) is 9.99. The minimum Gasteiger partial charge on any atom is -0.333 e. The Hall–Kier alpha value is -3.46. The lowest BCUT2D eigenvalue weighted by Crippen LogP contribution is -2.45. The number of hydrogen-bond acceptors (Lipinski definition) is 6. The zero-order chi connectivity index (χ0) is 24.4. The van der Waals surface area contributed by atoms with E-state index in [1.54, 1.807) is 41.7 Å². The monoisotopic (exact) mass is 492 g/mol. The molecule has 3 amide bonds. The number of aromatic nitrogens is 2. The molecule has 3 aromatic rings. The number of halogens is 1. The molecule has 2 aromatic heterocycles. The molecule has 0 aliphatic carbocycles. The molecule has 0 saturated carbocycles. The lowest BCUT2D eigenvalue weighted by molar-refractivity contribution is -0.144. The van der Waals surface area contributed by atoms with Crippen molar-refractivity contribution >= 4 is 29.1 Å². The fourth-order valence-corrected chi connectivity index (χ4v) is 5.92. The number of likely N-dealkylation sites (tertiary alicyclic amines) is 2. The van der Waals surface area contributed by atoms with E-state index >= 15 is 0 Å². The van der Waals surface area contributed by atoms with Gasteiger partial charge in [0.25, 0.3) is 0 Å². The molecule has 2 aliphatic heterocycles. The van der Waals surface area contributed by atoms with E-state index in [1.807, 2.05) is 5.38 Å². The molecule has 0 unspecified atom stereocenters. The fraction of sp³-hybridized carbons (Fsp3) is 0.346. The van der Waals surface area contributed by atoms with Gasteiger partial charge in [0, 0.05) is 43.4 Å². The van der Waals surface area contributed by atoms with E-state index in [0.29, 0.717) is 17.7 Å². The number of rotatable bonds is 6. The highest BCUT2D eigenvalue weighted by Gasteiger charge is 2.54. The molecular weight excluding hydrogens is 467 g/mol. The number of benzene rings is 1. The van der Waals surface area contributed by atoms with Crippen molar-refractivity contribution in [1.82, 2.24) is 19.8 Å². The van der Waals surface area contributed by atoms with E-state index < -0.39 is 17.1 Å². The van der Waals surface area contributed by atoms with Crippen LogP contribution < -0.4 is 0 Å². The summed E-state index contributed by atoms with van der Waals surface area (Å²) in [4.78, 5) is 52.2. The van der Waals surface area contributed by atoms with E-state index in [1.165, 1.54) is 34.4 Å². The van der Waals surface area contributed by atoms with Crippen molar-refractivity contribution in [2.45, 2.75) is 50.1 Å². The molecule has 5 rings (SSSR count). The normalized spacial score (nSPS) is 22.6. The Balaban J connectivity index is 1.49. The van der Waals surface area contributed by atoms with Gasteiger partial charge in [-0.3, -0.25) is 24.3 Å². The summed E-state index contributed by atoms with van der Waals surface area (Å²) in [5.41, 5.74) is -0.403. The summed E-state index contributed by atoms with van der Waals surface area (Å²) in [6.07, 6.45) is 7.20. The highest BCUT2D eigenvalue weighted by Crippen LogP contribution is 2.42. The topological polar surface area (TPSA) is 83.5 Å². The van der Waals surface area contributed by atoms with Crippen LogP contribution in [0.3, 0.4) is 0 Å². The second kappa shape index (κ2) is 9.65. The van der Waals surface area contributed by atoms with Gasteiger partial charge >= 0.3 is 0 Å². The van der Waals surface area contributed by atoms with E-state index in [9.17, 15) is 18.8 Å². The predicted molar refractivity (Wildman–Crippen MR) is 128 cm³/mol. The number of nitrogens with zero attached hydrogens (tertiary/aromatic N) is 4. The molecule has 0 N–H and O–H groups in total. The summed E-state index contributed by atoms with van der Waals surface area (Å²) in [5.74, 6) is -1.60. The van der Waals surface area contributed by atoms with Crippen LogP contribution in [0.4, 0.5) is 4.39 Å². The number of hydrogen-bond donors (Lipinski definition) is 0. The maximum atomic E-state index is 14.3. The molecule has 0 spiro atoms. The van der Waals surface area contributed by atoms with Crippen LogP contribution in [0.5, 0.6) is 0 Å². The molecule has 35 heavy (non-hydrogen) atoms. The third-order valence-electron chi connectivity index (χ3n) is 6.86. The van der Waals surface area contributed by atoms with Crippen molar-refractivity contribution in [1.29, 1.82) is 0 Å². The van der Waals surface area contributed by atoms with Gasteiger partial charge in [-0.15, -0.1) is 11.3 Å². The molecule has 2 fully saturated rings. The average molecular weight is 493 g/mol. The van der Waals surface area contributed by atoms with Crippen LogP contribution in [0.15, 0.2) is 60.4 Å². The van der Waals surface area contributed by atoms with Crippen molar-refractivity contribution in [2.75, 3.05) is 6.54 Å². The fourth-order valence-electron chi connectivity index (χ4n) is 5.13. The number of amides is 3. The van der Waals surface area contributed by atoms with Crippen molar-refractivity contribution < 1.29 is 18.8 Å². The smallest absolute Gasteiger partial charge is 0.241 e. The lowest BCUT2D eigenvalue weighted by atomic mass is 9.75. The second-order valence-electron chi connectivity index (χ2n) is 9.06. The number of carbonyl (C=O) groups is 3. The summed E-state index contributed by atoms with van der Waals surface area (Å²) in [6.45, 7) is 0.617.